The number of benzene rings is 1. The molecule has 1 heterocycles. The first-order valence-corrected chi connectivity index (χ1v) is 7.25. The number of piperidine rings is 1. The molecule has 23 heavy (non-hydrogen) atoms. The molecule has 1 aliphatic rings. The zero-order valence-electron chi connectivity index (χ0n) is 12.9. The summed E-state index contributed by atoms with van der Waals surface area (Å²) in [6.45, 7) is 1.24. The lowest BCUT2D eigenvalue weighted by Gasteiger charge is -2.37. The van der Waals surface area contributed by atoms with Crippen molar-refractivity contribution in [1.29, 1.82) is 0 Å². The second-order valence-corrected chi connectivity index (χ2v) is 5.41. The zero-order chi connectivity index (χ0) is 16.1. The minimum absolute atomic E-state index is 0. The van der Waals surface area contributed by atoms with E-state index in [0.717, 1.165) is 25.0 Å². The lowest BCUT2D eigenvalue weighted by Crippen LogP contribution is -2.51. The second-order valence-electron chi connectivity index (χ2n) is 5.41. The van der Waals surface area contributed by atoms with Crippen LogP contribution in [-0.2, 0) is 9.53 Å². The number of amides is 1. The van der Waals surface area contributed by atoms with Crippen molar-refractivity contribution >= 4 is 24.0 Å². The molecule has 5 nitrogen and oxygen atoms in total. The number of halogens is 3. The Morgan fingerprint density at radius 1 is 1.48 bits per heavy atom. The number of likely N-dealkylation sites (tertiary alicyclic amines) is 1. The molecule has 0 aromatic heterocycles. The lowest BCUT2D eigenvalue weighted by atomic mass is 9.99. The maximum Gasteiger partial charge on any atom is 0.238 e. The third-order valence-electron chi connectivity index (χ3n) is 3.95. The number of ether oxygens (including phenoxy) is 1. The number of nitrogens with zero attached hydrogens (tertiary/aromatic N) is 1. The molecular formula is C15H22ClF2N3O2. The van der Waals surface area contributed by atoms with Gasteiger partial charge in [-0.2, -0.15) is 0 Å². The molecule has 8 heteroatoms. The summed E-state index contributed by atoms with van der Waals surface area (Å²) in [6, 6.07) is 3.11. The quantitative estimate of drug-likeness (QED) is 0.850. The van der Waals surface area contributed by atoms with Gasteiger partial charge in [0.15, 0.2) is 0 Å². The molecule has 2 atom stereocenters. The number of anilines is 1. The van der Waals surface area contributed by atoms with Crippen LogP contribution in [0.4, 0.5) is 14.5 Å². The molecule has 130 valence electrons. The fraction of sp³-hybridized carbons (Fsp3) is 0.533. The lowest BCUT2D eigenvalue weighted by molar-refractivity contribution is -0.118. The van der Waals surface area contributed by atoms with Gasteiger partial charge >= 0.3 is 0 Å². The number of hydrogen-bond acceptors (Lipinski definition) is 4. The highest BCUT2D eigenvalue weighted by molar-refractivity contribution is 5.92. The molecular weight excluding hydrogens is 328 g/mol. The van der Waals surface area contributed by atoms with Gasteiger partial charge in [0.25, 0.3) is 0 Å². The Hall–Kier alpha value is -1.28. The van der Waals surface area contributed by atoms with Crippen molar-refractivity contribution in [3.63, 3.8) is 0 Å². The number of carbonyl (C=O) groups is 1. The van der Waals surface area contributed by atoms with Crippen LogP contribution in [0.15, 0.2) is 18.2 Å². The molecule has 1 aromatic carbocycles. The Bertz CT molecular complexity index is 533. The summed E-state index contributed by atoms with van der Waals surface area (Å²) >= 11 is 0. The molecule has 1 aromatic rings. The first kappa shape index (κ1) is 19.8. The van der Waals surface area contributed by atoms with E-state index in [2.05, 4.69) is 5.32 Å². The fourth-order valence-electron chi connectivity index (χ4n) is 2.70. The Labute approximate surface area is 140 Å². The number of nitrogens with one attached hydrogen (secondary N) is 1. The molecule has 0 spiro atoms. The number of methoxy groups -OCH3 is 1. The molecule has 1 amide bonds. The minimum atomic E-state index is -0.790. The Morgan fingerprint density at radius 2 is 2.22 bits per heavy atom. The first-order chi connectivity index (χ1) is 10.5. The number of hydrogen-bond donors (Lipinski definition) is 2. The van der Waals surface area contributed by atoms with E-state index in [0.29, 0.717) is 13.1 Å². The maximum absolute atomic E-state index is 13.5. The van der Waals surface area contributed by atoms with Gasteiger partial charge in [-0.1, -0.05) is 0 Å². The summed E-state index contributed by atoms with van der Waals surface area (Å²) in [4.78, 5) is 14.0. The highest BCUT2D eigenvalue weighted by Crippen LogP contribution is 2.19. The predicted molar refractivity (Wildman–Crippen MR) is 86.7 cm³/mol. The largest absolute Gasteiger partial charge is 0.381 e. The standard InChI is InChI=1S/C15H21F2N3O2.ClH/c1-22-12-4-5-20(11(7-12)8-18)9-15(21)19-14-3-2-10(16)6-13(14)17;/h2-3,6,11-12H,4-5,7-9,18H2,1H3,(H,19,21);1H. The van der Waals surface area contributed by atoms with Crippen molar-refractivity contribution < 1.29 is 18.3 Å². The number of nitrogens with two attached hydrogens (primary N) is 1. The third-order valence-corrected chi connectivity index (χ3v) is 3.95. The predicted octanol–water partition coefficient (Wildman–Crippen LogP) is 1.76. The normalized spacial score (nSPS) is 21.6. The van der Waals surface area contributed by atoms with Crippen LogP contribution in [-0.4, -0.2) is 49.7 Å². The summed E-state index contributed by atoms with van der Waals surface area (Å²) in [5, 5.41) is 2.46. The molecule has 0 aliphatic carbocycles. The van der Waals surface area contributed by atoms with E-state index in [1.54, 1.807) is 7.11 Å². The van der Waals surface area contributed by atoms with Gasteiger partial charge in [-0.3, -0.25) is 9.69 Å². The average molecular weight is 350 g/mol. The van der Waals surface area contributed by atoms with Gasteiger partial charge in [0.2, 0.25) is 5.91 Å². The van der Waals surface area contributed by atoms with Crippen LogP contribution < -0.4 is 11.1 Å². The van der Waals surface area contributed by atoms with Crippen LogP contribution in [0.2, 0.25) is 0 Å². The van der Waals surface area contributed by atoms with Crippen LogP contribution in [0.5, 0.6) is 0 Å². The summed E-state index contributed by atoms with van der Waals surface area (Å²) in [7, 11) is 1.66. The fourth-order valence-corrected chi connectivity index (χ4v) is 2.70. The molecule has 1 aliphatic heterocycles. The molecule has 2 rings (SSSR count). The van der Waals surface area contributed by atoms with Crippen molar-refractivity contribution in [2.75, 3.05) is 32.1 Å². The smallest absolute Gasteiger partial charge is 0.238 e. The Balaban J connectivity index is 0.00000264. The molecule has 0 radical (unpaired) electrons. The minimum Gasteiger partial charge on any atom is -0.381 e. The van der Waals surface area contributed by atoms with E-state index >= 15 is 0 Å². The highest BCUT2D eigenvalue weighted by atomic mass is 35.5. The van der Waals surface area contributed by atoms with Gasteiger partial charge in [0, 0.05) is 32.3 Å². The van der Waals surface area contributed by atoms with Gasteiger partial charge in [-0.05, 0) is 25.0 Å². The van der Waals surface area contributed by atoms with Crippen molar-refractivity contribution in [2.45, 2.75) is 25.0 Å². The molecule has 1 fully saturated rings. The average Bonchev–Trinajstić information content (AvgIpc) is 2.50. The van der Waals surface area contributed by atoms with Crippen molar-refractivity contribution in [3.05, 3.63) is 29.8 Å². The summed E-state index contributed by atoms with van der Waals surface area (Å²) in [5.41, 5.74) is 5.72. The SMILES string of the molecule is COC1CCN(CC(=O)Nc2ccc(F)cc2F)C(CN)C1.Cl. The van der Waals surface area contributed by atoms with Crippen molar-refractivity contribution in [2.24, 2.45) is 5.73 Å². The van der Waals surface area contributed by atoms with Crippen LogP contribution >= 0.6 is 12.4 Å². The van der Waals surface area contributed by atoms with Crippen LogP contribution in [0, 0.1) is 11.6 Å². The van der Waals surface area contributed by atoms with Crippen LogP contribution in [0.25, 0.3) is 0 Å². The Kier molecular flexibility index (Phi) is 7.84. The van der Waals surface area contributed by atoms with E-state index < -0.39 is 11.6 Å². The van der Waals surface area contributed by atoms with Gasteiger partial charge < -0.3 is 15.8 Å². The zero-order valence-corrected chi connectivity index (χ0v) is 13.7. The van der Waals surface area contributed by atoms with Gasteiger partial charge in [0.05, 0.1) is 18.3 Å². The third kappa shape index (κ3) is 5.39. The topological polar surface area (TPSA) is 67.6 Å². The maximum atomic E-state index is 13.5. The van der Waals surface area contributed by atoms with Crippen molar-refractivity contribution in [3.8, 4) is 0 Å². The summed E-state index contributed by atoms with van der Waals surface area (Å²) < 4.78 is 31.7. The van der Waals surface area contributed by atoms with Gasteiger partial charge in [0.1, 0.15) is 11.6 Å². The monoisotopic (exact) mass is 349 g/mol. The van der Waals surface area contributed by atoms with E-state index in [1.165, 1.54) is 6.07 Å². The highest BCUT2D eigenvalue weighted by Gasteiger charge is 2.28. The first-order valence-electron chi connectivity index (χ1n) is 7.25. The van der Waals surface area contributed by atoms with E-state index in [1.807, 2.05) is 4.90 Å². The molecule has 1 saturated heterocycles. The Morgan fingerprint density at radius 3 is 2.83 bits per heavy atom. The summed E-state index contributed by atoms with van der Waals surface area (Å²) in [6.07, 6.45) is 1.75. The molecule has 0 saturated carbocycles. The van der Waals surface area contributed by atoms with E-state index in [-0.39, 0.29) is 42.7 Å². The second kappa shape index (κ2) is 9.12. The van der Waals surface area contributed by atoms with Gasteiger partial charge in [-0.25, -0.2) is 8.78 Å². The van der Waals surface area contributed by atoms with E-state index in [4.69, 9.17) is 10.5 Å². The summed E-state index contributed by atoms with van der Waals surface area (Å²) in [5.74, 6) is -1.82. The van der Waals surface area contributed by atoms with Crippen LogP contribution in [0.3, 0.4) is 0 Å². The molecule has 0 bridgehead atoms. The van der Waals surface area contributed by atoms with Crippen LogP contribution in [0.1, 0.15) is 12.8 Å². The molecule has 2 unspecified atom stereocenters. The number of rotatable bonds is 5. The van der Waals surface area contributed by atoms with Crippen molar-refractivity contribution in [1.82, 2.24) is 4.90 Å². The number of carbonyl (C=O) groups excluding carboxylic acids is 1. The van der Waals surface area contributed by atoms with Gasteiger partial charge in [-0.15, -0.1) is 12.4 Å². The molecule has 3 N–H and O–H groups in total. The van der Waals surface area contributed by atoms with E-state index in [9.17, 15) is 13.6 Å².